The minimum absolute atomic E-state index is 0.0680. The van der Waals surface area contributed by atoms with Gasteiger partial charge in [0, 0.05) is 30.8 Å². The van der Waals surface area contributed by atoms with Gasteiger partial charge in [0.05, 0.1) is 0 Å². The molecule has 0 heterocycles. The number of aliphatic carboxylic acids is 1. The molecule has 1 amide bonds. The summed E-state index contributed by atoms with van der Waals surface area (Å²) in [4.78, 5) is 25.5. The second-order valence-corrected chi connectivity index (χ2v) is 7.95. The lowest BCUT2D eigenvalue weighted by Gasteiger charge is -2.23. The molecule has 0 aliphatic rings. The van der Waals surface area contributed by atoms with Crippen molar-refractivity contribution in [3.05, 3.63) is 29.8 Å². The van der Waals surface area contributed by atoms with Crippen LogP contribution >= 0.6 is 0 Å². The number of anilines is 1. The Kier molecular flexibility index (Phi) is 13.6. The van der Waals surface area contributed by atoms with Gasteiger partial charge in [-0.15, -0.1) is 0 Å². The van der Waals surface area contributed by atoms with Gasteiger partial charge in [-0.25, -0.2) is 0 Å². The zero-order valence-electron chi connectivity index (χ0n) is 18.2. The Morgan fingerprint density at radius 1 is 0.793 bits per heavy atom. The molecule has 0 aromatic heterocycles. The monoisotopic (exact) mass is 404 g/mol. The number of rotatable bonds is 17. The minimum atomic E-state index is -0.736. The Morgan fingerprint density at radius 3 is 1.79 bits per heavy atom. The molecule has 29 heavy (non-hydrogen) atoms. The van der Waals surface area contributed by atoms with Crippen LogP contribution in [0.5, 0.6) is 0 Å². The number of carboxylic acid groups (broad SMARTS) is 1. The average Bonchev–Trinajstić information content (AvgIpc) is 2.70. The maximum atomic E-state index is 12.9. The molecule has 0 bridgehead atoms. The van der Waals surface area contributed by atoms with Gasteiger partial charge in [0.25, 0.3) is 5.91 Å². The van der Waals surface area contributed by atoms with Crippen LogP contribution in [0.4, 0.5) is 5.69 Å². The number of carbonyl (C=O) groups is 2. The Balaban J connectivity index is 2.40. The van der Waals surface area contributed by atoms with E-state index in [-0.39, 0.29) is 12.3 Å². The van der Waals surface area contributed by atoms with Crippen LogP contribution in [0.15, 0.2) is 24.3 Å². The van der Waals surface area contributed by atoms with Gasteiger partial charge in [-0.2, -0.15) is 0 Å². The number of unbranched alkanes of at least 4 members (excludes halogenated alkanes) is 10. The number of nitrogen functional groups attached to an aromatic ring is 1. The van der Waals surface area contributed by atoms with Crippen molar-refractivity contribution in [1.29, 1.82) is 0 Å². The van der Waals surface area contributed by atoms with Crippen LogP contribution in [0, 0.1) is 0 Å². The van der Waals surface area contributed by atoms with E-state index in [0.717, 1.165) is 45.2 Å². The van der Waals surface area contributed by atoms with E-state index in [9.17, 15) is 9.59 Å². The van der Waals surface area contributed by atoms with Crippen molar-refractivity contribution in [2.45, 2.75) is 90.4 Å². The predicted octanol–water partition coefficient (Wildman–Crippen LogP) is 5.89. The number of nitrogens with two attached hydrogens (primary N) is 1. The average molecular weight is 405 g/mol. The molecule has 5 heteroatoms. The third kappa shape index (κ3) is 12.2. The lowest BCUT2D eigenvalue weighted by Crippen LogP contribution is -2.33. The first-order valence-corrected chi connectivity index (χ1v) is 11.4. The highest BCUT2D eigenvalue weighted by molar-refractivity contribution is 5.94. The number of carbonyl (C=O) groups excluding carboxylic acids is 1. The molecule has 0 atom stereocenters. The third-order valence-corrected chi connectivity index (χ3v) is 5.30. The summed E-state index contributed by atoms with van der Waals surface area (Å²) < 4.78 is 0. The van der Waals surface area contributed by atoms with Crippen LogP contribution in [0.2, 0.25) is 0 Å². The van der Waals surface area contributed by atoms with E-state index < -0.39 is 5.97 Å². The molecular formula is C24H40N2O3. The summed E-state index contributed by atoms with van der Waals surface area (Å²) in [6.45, 7) is 3.75. The fraction of sp³-hybridized carbons (Fsp3) is 0.667. The standard InChI is InChI=1S/C24H40N2O3/c1-2-3-4-5-6-7-9-12-19-26(20-13-10-8-11-14-23(27)28)24(29)21-15-17-22(25)18-16-21/h15-18H,2-14,19-20,25H2,1H3,(H,27,28). The first kappa shape index (κ1) is 25.0. The smallest absolute Gasteiger partial charge is 0.303 e. The number of hydrogen-bond acceptors (Lipinski definition) is 3. The minimum Gasteiger partial charge on any atom is -0.481 e. The van der Waals surface area contributed by atoms with Crippen LogP contribution < -0.4 is 5.73 Å². The van der Waals surface area contributed by atoms with Gasteiger partial charge < -0.3 is 15.7 Å². The molecule has 0 radical (unpaired) electrons. The molecule has 0 aliphatic heterocycles. The van der Waals surface area contributed by atoms with E-state index in [4.69, 9.17) is 10.8 Å². The van der Waals surface area contributed by atoms with Crippen LogP contribution in [-0.2, 0) is 4.79 Å². The van der Waals surface area contributed by atoms with E-state index in [0.29, 0.717) is 17.7 Å². The first-order chi connectivity index (χ1) is 14.0. The maximum absolute atomic E-state index is 12.9. The second kappa shape index (κ2) is 15.8. The van der Waals surface area contributed by atoms with E-state index >= 15 is 0 Å². The van der Waals surface area contributed by atoms with E-state index in [2.05, 4.69) is 6.92 Å². The summed E-state index contributed by atoms with van der Waals surface area (Å²) in [5.74, 6) is -0.668. The van der Waals surface area contributed by atoms with Crippen molar-refractivity contribution in [3.8, 4) is 0 Å². The number of amides is 1. The highest BCUT2D eigenvalue weighted by Gasteiger charge is 2.15. The van der Waals surface area contributed by atoms with Crippen LogP contribution in [0.1, 0.15) is 101 Å². The molecule has 3 N–H and O–H groups in total. The molecule has 0 unspecified atom stereocenters. The molecule has 164 valence electrons. The van der Waals surface area contributed by atoms with Crippen molar-refractivity contribution in [2.24, 2.45) is 0 Å². The number of benzene rings is 1. The Labute approximate surface area is 176 Å². The first-order valence-electron chi connectivity index (χ1n) is 11.4. The van der Waals surface area contributed by atoms with Gasteiger partial charge in [0.15, 0.2) is 0 Å². The van der Waals surface area contributed by atoms with Gasteiger partial charge in [-0.1, -0.05) is 64.7 Å². The Morgan fingerprint density at radius 2 is 1.28 bits per heavy atom. The van der Waals surface area contributed by atoms with Crippen molar-refractivity contribution in [2.75, 3.05) is 18.8 Å². The van der Waals surface area contributed by atoms with Gasteiger partial charge in [-0.3, -0.25) is 9.59 Å². The molecule has 1 rings (SSSR count). The highest BCUT2D eigenvalue weighted by Crippen LogP contribution is 2.13. The highest BCUT2D eigenvalue weighted by atomic mass is 16.4. The van der Waals surface area contributed by atoms with Crippen molar-refractivity contribution < 1.29 is 14.7 Å². The topological polar surface area (TPSA) is 83.6 Å². The molecule has 5 nitrogen and oxygen atoms in total. The largest absolute Gasteiger partial charge is 0.481 e. The van der Waals surface area contributed by atoms with E-state index in [1.165, 1.54) is 38.5 Å². The molecule has 1 aromatic carbocycles. The fourth-order valence-electron chi connectivity index (χ4n) is 3.49. The van der Waals surface area contributed by atoms with E-state index in [1.807, 2.05) is 4.90 Å². The van der Waals surface area contributed by atoms with Gasteiger partial charge >= 0.3 is 5.97 Å². The summed E-state index contributed by atoms with van der Waals surface area (Å²) in [6.07, 6.45) is 13.7. The van der Waals surface area contributed by atoms with Crippen molar-refractivity contribution in [3.63, 3.8) is 0 Å². The summed E-state index contributed by atoms with van der Waals surface area (Å²) >= 11 is 0. The van der Waals surface area contributed by atoms with Gasteiger partial charge in [-0.05, 0) is 43.5 Å². The normalized spacial score (nSPS) is 10.8. The Hall–Kier alpha value is -2.04. The van der Waals surface area contributed by atoms with Crippen LogP contribution in [-0.4, -0.2) is 35.0 Å². The summed E-state index contributed by atoms with van der Waals surface area (Å²) in [7, 11) is 0. The summed E-state index contributed by atoms with van der Waals surface area (Å²) in [6, 6.07) is 7.14. The van der Waals surface area contributed by atoms with Gasteiger partial charge in [0.2, 0.25) is 0 Å². The predicted molar refractivity (Wildman–Crippen MR) is 120 cm³/mol. The molecular weight excluding hydrogens is 364 g/mol. The molecule has 0 saturated heterocycles. The lowest BCUT2D eigenvalue weighted by molar-refractivity contribution is -0.137. The van der Waals surface area contributed by atoms with Crippen LogP contribution in [0.25, 0.3) is 0 Å². The molecule has 0 aliphatic carbocycles. The van der Waals surface area contributed by atoms with E-state index in [1.54, 1.807) is 24.3 Å². The quantitative estimate of drug-likeness (QED) is 0.250. The van der Waals surface area contributed by atoms with Crippen LogP contribution in [0.3, 0.4) is 0 Å². The summed E-state index contributed by atoms with van der Waals surface area (Å²) in [5, 5.41) is 8.72. The molecule has 1 aromatic rings. The number of hydrogen-bond donors (Lipinski definition) is 2. The maximum Gasteiger partial charge on any atom is 0.303 e. The second-order valence-electron chi connectivity index (χ2n) is 7.95. The lowest BCUT2D eigenvalue weighted by atomic mass is 10.1. The Bertz CT molecular complexity index is 572. The third-order valence-electron chi connectivity index (χ3n) is 5.30. The fourth-order valence-corrected chi connectivity index (χ4v) is 3.49. The number of carboxylic acids is 1. The zero-order valence-corrected chi connectivity index (χ0v) is 18.2. The molecule has 0 saturated carbocycles. The zero-order chi connectivity index (χ0) is 21.3. The van der Waals surface area contributed by atoms with Crippen molar-refractivity contribution >= 4 is 17.6 Å². The van der Waals surface area contributed by atoms with Gasteiger partial charge in [0.1, 0.15) is 0 Å². The van der Waals surface area contributed by atoms with Crippen molar-refractivity contribution in [1.82, 2.24) is 4.90 Å². The summed E-state index contributed by atoms with van der Waals surface area (Å²) in [5.41, 5.74) is 7.09. The molecule has 0 fully saturated rings. The SMILES string of the molecule is CCCCCCCCCCN(CCCCCCC(=O)O)C(=O)c1ccc(N)cc1. The molecule has 0 spiro atoms. The number of nitrogens with zero attached hydrogens (tertiary/aromatic N) is 1.